The largest absolute Gasteiger partial charge is 0.480 e. The fourth-order valence-electron chi connectivity index (χ4n) is 0.963. The molecule has 8 heteroatoms. The molecule has 86 valence electrons. The van der Waals surface area contributed by atoms with Crippen molar-refractivity contribution in [3.05, 3.63) is 18.0 Å². The molecule has 0 saturated heterocycles. The van der Waals surface area contributed by atoms with Gasteiger partial charge in [-0.2, -0.15) is 0 Å². The lowest BCUT2D eigenvalue weighted by molar-refractivity contribution is -0.140. The molecule has 0 fully saturated rings. The number of rotatable bonds is 5. The number of nitrogens with two attached hydrogens (primary N) is 1. The van der Waals surface area contributed by atoms with Crippen molar-refractivity contribution in [3.63, 3.8) is 0 Å². The average Bonchev–Trinajstić information content (AvgIpc) is 2.68. The monoisotopic (exact) mass is 227 g/mol. The molecule has 16 heavy (non-hydrogen) atoms. The van der Waals surface area contributed by atoms with Crippen LogP contribution in [0.4, 0.5) is 0 Å². The number of carboxylic acids is 1. The molecule has 0 aliphatic carbocycles. The van der Waals surface area contributed by atoms with E-state index in [9.17, 15) is 14.4 Å². The van der Waals surface area contributed by atoms with Gasteiger partial charge in [0.2, 0.25) is 5.91 Å². The van der Waals surface area contributed by atoms with Gasteiger partial charge in [-0.3, -0.25) is 9.59 Å². The van der Waals surface area contributed by atoms with E-state index in [1.165, 1.54) is 12.3 Å². The number of aliphatic carboxylic acids is 1. The Bertz CT molecular complexity index is 400. The topological polar surface area (TPSA) is 136 Å². The summed E-state index contributed by atoms with van der Waals surface area (Å²) in [5.74, 6) is -2.93. The lowest BCUT2D eigenvalue weighted by Crippen LogP contribution is -2.43. The fourth-order valence-corrected chi connectivity index (χ4v) is 0.963. The molecule has 0 aliphatic heterocycles. The summed E-state index contributed by atoms with van der Waals surface area (Å²) in [4.78, 5) is 32.6. The van der Waals surface area contributed by atoms with E-state index in [4.69, 9.17) is 10.8 Å². The lowest BCUT2D eigenvalue weighted by Gasteiger charge is -2.10. The molecule has 0 radical (unpaired) electrons. The van der Waals surface area contributed by atoms with Gasteiger partial charge in [0, 0.05) is 6.07 Å². The van der Waals surface area contributed by atoms with E-state index in [2.05, 4.69) is 15.0 Å². The average molecular weight is 227 g/mol. The second-order valence-electron chi connectivity index (χ2n) is 2.92. The van der Waals surface area contributed by atoms with Gasteiger partial charge in [-0.25, -0.2) is 4.79 Å². The van der Waals surface area contributed by atoms with Gasteiger partial charge >= 0.3 is 5.97 Å². The van der Waals surface area contributed by atoms with Crippen molar-refractivity contribution >= 4 is 17.8 Å². The summed E-state index contributed by atoms with van der Waals surface area (Å²) in [6, 6.07) is -0.111. The molecule has 4 N–H and O–H groups in total. The highest BCUT2D eigenvalue weighted by Gasteiger charge is 2.23. The number of hydrogen-bond donors (Lipinski definition) is 3. The van der Waals surface area contributed by atoms with Crippen LogP contribution in [0.25, 0.3) is 0 Å². The van der Waals surface area contributed by atoms with Crippen molar-refractivity contribution in [2.24, 2.45) is 5.73 Å². The number of carbonyl (C=O) groups is 3. The van der Waals surface area contributed by atoms with Crippen molar-refractivity contribution in [1.29, 1.82) is 0 Å². The molecule has 0 bridgehead atoms. The maximum atomic E-state index is 11.4. The van der Waals surface area contributed by atoms with Crippen LogP contribution in [0.2, 0.25) is 0 Å². The number of hydrogen-bond acceptors (Lipinski definition) is 5. The minimum absolute atomic E-state index is 0.0734. The molecule has 1 aromatic heterocycles. The van der Waals surface area contributed by atoms with Crippen LogP contribution in [-0.4, -0.2) is 34.1 Å². The van der Waals surface area contributed by atoms with Gasteiger partial charge in [-0.1, -0.05) is 5.16 Å². The van der Waals surface area contributed by atoms with Crippen molar-refractivity contribution in [2.75, 3.05) is 0 Å². The minimum atomic E-state index is -1.37. The Hall–Kier alpha value is -2.38. The predicted molar refractivity (Wildman–Crippen MR) is 49.2 cm³/mol. The molecular formula is C8H9N3O5. The summed E-state index contributed by atoms with van der Waals surface area (Å²) in [7, 11) is 0. The minimum Gasteiger partial charge on any atom is -0.480 e. The highest BCUT2D eigenvalue weighted by Crippen LogP contribution is 1.98. The van der Waals surface area contributed by atoms with Crippen LogP contribution in [0, 0.1) is 0 Å². The Morgan fingerprint density at radius 3 is 2.69 bits per heavy atom. The molecule has 0 saturated carbocycles. The third-order valence-corrected chi connectivity index (χ3v) is 1.68. The Morgan fingerprint density at radius 1 is 1.56 bits per heavy atom. The molecule has 0 spiro atoms. The van der Waals surface area contributed by atoms with Crippen LogP contribution in [-0.2, 0) is 9.59 Å². The van der Waals surface area contributed by atoms with Crippen LogP contribution in [0.15, 0.2) is 16.9 Å². The third-order valence-electron chi connectivity index (χ3n) is 1.68. The number of amides is 2. The SMILES string of the molecule is NC(=O)C[C@@H](NC(=O)c1ccon1)C(=O)O. The van der Waals surface area contributed by atoms with Gasteiger partial charge in [0.05, 0.1) is 6.42 Å². The second-order valence-corrected chi connectivity index (χ2v) is 2.92. The molecule has 1 rings (SSSR count). The summed E-state index contributed by atoms with van der Waals surface area (Å²) < 4.78 is 4.41. The quantitative estimate of drug-likeness (QED) is 0.574. The van der Waals surface area contributed by atoms with E-state index < -0.39 is 30.2 Å². The first-order valence-corrected chi connectivity index (χ1v) is 4.23. The maximum absolute atomic E-state index is 11.4. The van der Waals surface area contributed by atoms with Gasteiger partial charge in [0.15, 0.2) is 5.69 Å². The number of carbonyl (C=O) groups excluding carboxylic acids is 2. The van der Waals surface area contributed by atoms with E-state index in [1.807, 2.05) is 0 Å². The predicted octanol–water partition coefficient (Wildman–Crippen LogP) is -1.27. The highest BCUT2D eigenvalue weighted by molar-refractivity contribution is 5.95. The summed E-state index contributed by atoms with van der Waals surface area (Å²) in [5, 5.41) is 14.1. The first-order chi connectivity index (χ1) is 7.50. The van der Waals surface area contributed by atoms with Gasteiger partial charge in [0.25, 0.3) is 5.91 Å². The zero-order valence-corrected chi connectivity index (χ0v) is 8.04. The summed E-state index contributed by atoms with van der Waals surface area (Å²) in [6.07, 6.45) is 0.678. The summed E-state index contributed by atoms with van der Waals surface area (Å²) >= 11 is 0. The molecule has 1 aromatic rings. The van der Waals surface area contributed by atoms with E-state index in [0.29, 0.717) is 0 Å². The molecular weight excluding hydrogens is 218 g/mol. The molecule has 0 aromatic carbocycles. The number of nitrogens with zero attached hydrogens (tertiary/aromatic N) is 1. The first kappa shape index (κ1) is 11.7. The number of primary amides is 1. The molecule has 0 unspecified atom stereocenters. The van der Waals surface area contributed by atoms with Crippen molar-refractivity contribution in [1.82, 2.24) is 10.5 Å². The zero-order chi connectivity index (χ0) is 12.1. The van der Waals surface area contributed by atoms with Crippen molar-refractivity contribution < 1.29 is 24.0 Å². The van der Waals surface area contributed by atoms with Crippen LogP contribution in [0.5, 0.6) is 0 Å². The van der Waals surface area contributed by atoms with E-state index in [-0.39, 0.29) is 5.69 Å². The Labute approximate surface area is 89.4 Å². The normalized spacial score (nSPS) is 11.8. The van der Waals surface area contributed by atoms with Gasteiger partial charge in [-0.15, -0.1) is 0 Å². The van der Waals surface area contributed by atoms with Crippen molar-refractivity contribution in [2.45, 2.75) is 12.5 Å². The number of carboxylic acid groups (broad SMARTS) is 1. The van der Waals surface area contributed by atoms with Crippen LogP contribution in [0.3, 0.4) is 0 Å². The summed E-state index contributed by atoms with van der Waals surface area (Å²) in [6.45, 7) is 0. The van der Waals surface area contributed by atoms with Crippen LogP contribution in [0.1, 0.15) is 16.9 Å². The molecule has 8 nitrogen and oxygen atoms in total. The van der Waals surface area contributed by atoms with E-state index in [0.717, 1.165) is 0 Å². The molecule has 2 amide bonds. The van der Waals surface area contributed by atoms with Crippen LogP contribution >= 0.6 is 0 Å². The fraction of sp³-hybridized carbons (Fsp3) is 0.250. The maximum Gasteiger partial charge on any atom is 0.326 e. The standard InChI is InChI=1S/C8H9N3O5/c9-6(12)3-5(8(14)15)10-7(13)4-1-2-16-11-4/h1-2,5H,3H2,(H2,9,12)(H,10,13)(H,14,15)/t5-/m1/s1. The first-order valence-electron chi connectivity index (χ1n) is 4.23. The van der Waals surface area contributed by atoms with Crippen LogP contribution < -0.4 is 11.1 Å². The lowest BCUT2D eigenvalue weighted by atomic mass is 10.2. The van der Waals surface area contributed by atoms with Gasteiger partial charge in [-0.05, 0) is 0 Å². The van der Waals surface area contributed by atoms with Gasteiger partial charge < -0.3 is 20.7 Å². The Kier molecular flexibility index (Phi) is 3.59. The molecule has 1 atom stereocenters. The second kappa shape index (κ2) is 4.91. The summed E-state index contributed by atoms with van der Waals surface area (Å²) in [5.41, 5.74) is 4.76. The number of nitrogens with one attached hydrogen (secondary N) is 1. The smallest absolute Gasteiger partial charge is 0.326 e. The molecule has 0 aliphatic rings. The molecule has 1 heterocycles. The zero-order valence-electron chi connectivity index (χ0n) is 8.04. The van der Waals surface area contributed by atoms with E-state index >= 15 is 0 Å². The number of aromatic nitrogens is 1. The Balaban J connectivity index is 2.65. The van der Waals surface area contributed by atoms with Crippen molar-refractivity contribution in [3.8, 4) is 0 Å². The Morgan fingerprint density at radius 2 is 2.25 bits per heavy atom. The third kappa shape index (κ3) is 3.08. The highest BCUT2D eigenvalue weighted by atomic mass is 16.5. The van der Waals surface area contributed by atoms with E-state index in [1.54, 1.807) is 0 Å². The van der Waals surface area contributed by atoms with Gasteiger partial charge in [0.1, 0.15) is 12.3 Å².